The summed E-state index contributed by atoms with van der Waals surface area (Å²) in [6.45, 7) is 1.31. The van der Waals surface area contributed by atoms with Crippen molar-refractivity contribution in [3.8, 4) is 17.2 Å². The van der Waals surface area contributed by atoms with Gasteiger partial charge in [-0.15, -0.1) is 0 Å². The first kappa shape index (κ1) is 25.1. The molecule has 7 nitrogen and oxygen atoms in total. The summed E-state index contributed by atoms with van der Waals surface area (Å²) in [7, 11) is 1.48. The molecule has 0 radical (unpaired) electrons. The zero-order chi connectivity index (χ0) is 25.5. The fourth-order valence-corrected chi connectivity index (χ4v) is 4.83. The lowest BCUT2D eigenvalue weighted by atomic mass is 9.76. The number of hydrogen-bond acceptors (Lipinski definition) is 6. The standard InChI is InChI=1S/C29H31NO6/c1-19(31)35-36-27-9-4-3-8-25(27)22-13-11-21(12-14-22)23-6-5-7-24(18-23)30-29(33)17-20-10-15-26(32)28(16-20)34-2/h3-10,15-16,18,21-22,32H,11-14,17H2,1-2H3,(H,30,33)/t21-,22+. The number of benzene rings is 3. The van der Waals surface area contributed by atoms with Crippen LogP contribution in [0.1, 0.15) is 61.1 Å². The SMILES string of the molecule is COc1cc(CC(=O)Nc2cccc([C@H]3CC[C@@H](c4ccccc4OOC(C)=O)CC3)c2)ccc1O. The highest BCUT2D eigenvalue weighted by Gasteiger charge is 2.26. The highest BCUT2D eigenvalue weighted by molar-refractivity contribution is 5.92. The van der Waals surface area contributed by atoms with Crippen molar-refractivity contribution in [1.29, 1.82) is 0 Å². The topological polar surface area (TPSA) is 94.1 Å². The number of phenolic OH excluding ortho intramolecular Hbond substituents is 1. The molecule has 36 heavy (non-hydrogen) atoms. The van der Waals surface area contributed by atoms with Gasteiger partial charge in [-0.05, 0) is 79.0 Å². The van der Waals surface area contributed by atoms with Gasteiger partial charge in [-0.25, -0.2) is 4.79 Å². The predicted octanol–water partition coefficient (Wildman–Crippen LogP) is 5.88. The minimum absolute atomic E-state index is 0.0458. The minimum Gasteiger partial charge on any atom is -0.504 e. The van der Waals surface area contributed by atoms with Gasteiger partial charge >= 0.3 is 5.97 Å². The number of aromatic hydroxyl groups is 1. The van der Waals surface area contributed by atoms with E-state index in [1.165, 1.54) is 25.7 Å². The summed E-state index contributed by atoms with van der Waals surface area (Å²) < 4.78 is 5.12. The molecular weight excluding hydrogens is 458 g/mol. The smallest absolute Gasteiger partial charge is 0.352 e. The Kier molecular flexibility index (Phi) is 8.10. The number of carbonyl (C=O) groups excluding carboxylic acids is 2. The molecule has 188 valence electrons. The van der Waals surface area contributed by atoms with Gasteiger partial charge in [0.05, 0.1) is 13.5 Å². The van der Waals surface area contributed by atoms with Crippen LogP contribution < -0.4 is 14.9 Å². The van der Waals surface area contributed by atoms with E-state index in [9.17, 15) is 14.7 Å². The van der Waals surface area contributed by atoms with Gasteiger partial charge in [0.15, 0.2) is 17.2 Å². The Morgan fingerprint density at radius 2 is 1.67 bits per heavy atom. The first-order valence-corrected chi connectivity index (χ1v) is 12.1. The Morgan fingerprint density at radius 1 is 0.917 bits per heavy atom. The average Bonchev–Trinajstić information content (AvgIpc) is 2.89. The fourth-order valence-electron chi connectivity index (χ4n) is 4.83. The van der Waals surface area contributed by atoms with Crippen molar-refractivity contribution in [3.63, 3.8) is 0 Å². The van der Waals surface area contributed by atoms with Gasteiger partial charge in [-0.3, -0.25) is 14.6 Å². The first-order chi connectivity index (χ1) is 17.4. The number of methoxy groups -OCH3 is 1. The second-order valence-electron chi connectivity index (χ2n) is 9.10. The van der Waals surface area contributed by atoms with Crippen LogP contribution in [0, 0.1) is 0 Å². The molecule has 3 aromatic carbocycles. The van der Waals surface area contributed by atoms with Crippen LogP contribution >= 0.6 is 0 Å². The number of anilines is 1. The first-order valence-electron chi connectivity index (χ1n) is 12.1. The second kappa shape index (κ2) is 11.6. The van der Waals surface area contributed by atoms with Crippen LogP contribution in [0.15, 0.2) is 66.7 Å². The fraction of sp³-hybridized carbons (Fsp3) is 0.310. The van der Waals surface area contributed by atoms with Crippen LogP contribution in [-0.2, 0) is 20.9 Å². The van der Waals surface area contributed by atoms with Crippen LogP contribution in [-0.4, -0.2) is 24.1 Å². The third-order valence-electron chi connectivity index (χ3n) is 6.59. The number of ether oxygens (including phenoxy) is 1. The molecule has 1 saturated carbocycles. The summed E-state index contributed by atoms with van der Waals surface area (Å²) in [6, 6.07) is 20.6. The van der Waals surface area contributed by atoms with Gasteiger partial charge in [-0.2, -0.15) is 0 Å². The monoisotopic (exact) mass is 489 g/mol. The summed E-state index contributed by atoms with van der Waals surface area (Å²) in [5, 5.41) is 12.7. The van der Waals surface area contributed by atoms with E-state index < -0.39 is 5.97 Å². The maximum Gasteiger partial charge on any atom is 0.352 e. The number of carbonyl (C=O) groups is 2. The summed E-state index contributed by atoms with van der Waals surface area (Å²) in [5.41, 5.74) is 3.80. The average molecular weight is 490 g/mol. The lowest BCUT2D eigenvalue weighted by Gasteiger charge is -2.30. The van der Waals surface area contributed by atoms with Gasteiger partial charge in [0.2, 0.25) is 5.91 Å². The quantitative estimate of drug-likeness (QED) is 0.303. The van der Waals surface area contributed by atoms with Crippen molar-refractivity contribution >= 4 is 17.6 Å². The molecular formula is C29H31NO6. The number of para-hydroxylation sites is 1. The molecule has 0 saturated heterocycles. The van der Waals surface area contributed by atoms with Crippen molar-refractivity contribution in [2.24, 2.45) is 0 Å². The Labute approximate surface area is 210 Å². The van der Waals surface area contributed by atoms with Gasteiger partial charge in [0, 0.05) is 18.2 Å². The Balaban J connectivity index is 1.36. The number of amides is 1. The zero-order valence-corrected chi connectivity index (χ0v) is 20.5. The van der Waals surface area contributed by atoms with Gasteiger partial charge in [0.25, 0.3) is 0 Å². The maximum atomic E-state index is 12.6. The van der Waals surface area contributed by atoms with Crippen molar-refractivity contribution in [2.45, 2.75) is 50.9 Å². The zero-order valence-electron chi connectivity index (χ0n) is 20.5. The summed E-state index contributed by atoms with van der Waals surface area (Å²) in [5.74, 6) is 1.10. The van der Waals surface area contributed by atoms with Crippen LogP contribution in [0.5, 0.6) is 17.2 Å². The number of hydrogen-bond donors (Lipinski definition) is 2. The Hall–Kier alpha value is -4.00. The third-order valence-corrected chi connectivity index (χ3v) is 6.59. The number of phenols is 1. The van der Waals surface area contributed by atoms with E-state index in [-0.39, 0.29) is 18.1 Å². The van der Waals surface area contributed by atoms with E-state index in [0.29, 0.717) is 23.3 Å². The maximum absolute atomic E-state index is 12.6. The molecule has 3 aromatic rings. The summed E-state index contributed by atoms with van der Waals surface area (Å²) in [6.07, 6.45) is 4.18. The normalized spacial score (nSPS) is 17.2. The second-order valence-corrected chi connectivity index (χ2v) is 9.10. The molecule has 1 aliphatic rings. The lowest BCUT2D eigenvalue weighted by molar-refractivity contribution is -0.211. The highest BCUT2D eigenvalue weighted by Crippen LogP contribution is 2.43. The van der Waals surface area contributed by atoms with Crippen molar-refractivity contribution in [3.05, 3.63) is 83.4 Å². The molecule has 1 amide bonds. The highest BCUT2D eigenvalue weighted by atomic mass is 17.2. The number of nitrogens with one attached hydrogen (secondary N) is 1. The molecule has 0 heterocycles. The van der Waals surface area contributed by atoms with Crippen molar-refractivity contribution in [1.82, 2.24) is 0 Å². The Bertz CT molecular complexity index is 1220. The van der Waals surface area contributed by atoms with Crippen LogP contribution in [0.4, 0.5) is 5.69 Å². The van der Waals surface area contributed by atoms with Crippen LogP contribution in [0.25, 0.3) is 0 Å². The third kappa shape index (κ3) is 6.36. The van der Waals surface area contributed by atoms with E-state index in [0.717, 1.165) is 42.5 Å². The molecule has 0 aromatic heterocycles. The number of rotatable bonds is 8. The van der Waals surface area contributed by atoms with E-state index in [1.807, 2.05) is 36.4 Å². The van der Waals surface area contributed by atoms with Gasteiger partial charge < -0.3 is 15.2 Å². The molecule has 0 spiro atoms. The predicted molar refractivity (Wildman–Crippen MR) is 136 cm³/mol. The Morgan fingerprint density at radius 3 is 2.42 bits per heavy atom. The lowest BCUT2D eigenvalue weighted by Crippen LogP contribution is -2.16. The van der Waals surface area contributed by atoms with E-state index >= 15 is 0 Å². The molecule has 0 aliphatic heterocycles. The van der Waals surface area contributed by atoms with Crippen LogP contribution in [0.3, 0.4) is 0 Å². The van der Waals surface area contributed by atoms with E-state index in [1.54, 1.807) is 12.1 Å². The van der Waals surface area contributed by atoms with Crippen molar-refractivity contribution in [2.75, 3.05) is 12.4 Å². The molecule has 7 heteroatoms. The molecule has 2 N–H and O–H groups in total. The summed E-state index contributed by atoms with van der Waals surface area (Å²) >= 11 is 0. The van der Waals surface area contributed by atoms with Gasteiger partial charge in [-0.1, -0.05) is 36.4 Å². The van der Waals surface area contributed by atoms with E-state index in [4.69, 9.17) is 14.5 Å². The van der Waals surface area contributed by atoms with Crippen LogP contribution in [0.2, 0.25) is 0 Å². The van der Waals surface area contributed by atoms with Crippen molar-refractivity contribution < 1.29 is 29.2 Å². The largest absolute Gasteiger partial charge is 0.504 e. The minimum atomic E-state index is -0.483. The summed E-state index contributed by atoms with van der Waals surface area (Å²) in [4.78, 5) is 33.8. The molecule has 0 atom stereocenters. The molecule has 0 bridgehead atoms. The molecule has 4 rings (SSSR count). The van der Waals surface area contributed by atoms with Gasteiger partial charge in [0.1, 0.15) is 0 Å². The molecule has 0 unspecified atom stereocenters. The molecule has 1 fully saturated rings. The van der Waals surface area contributed by atoms with E-state index in [2.05, 4.69) is 17.4 Å². The molecule has 1 aliphatic carbocycles.